The van der Waals surface area contributed by atoms with Crippen molar-refractivity contribution in [2.45, 2.75) is 17.9 Å². The fraction of sp³-hybridized carbons (Fsp3) is 1.00. The van der Waals surface area contributed by atoms with Crippen molar-refractivity contribution in [2.75, 3.05) is 6.54 Å². The molecule has 0 aliphatic heterocycles. The van der Waals surface area contributed by atoms with E-state index >= 15 is 0 Å². The van der Waals surface area contributed by atoms with Crippen LogP contribution in [0, 0.1) is 0 Å². The summed E-state index contributed by atoms with van der Waals surface area (Å²) in [6.45, 7) is -0.0394. The monoisotopic (exact) mass is 291 g/mol. The molecule has 0 aliphatic carbocycles. The van der Waals surface area contributed by atoms with Crippen LogP contribution in [0.1, 0.15) is 12.8 Å². The van der Waals surface area contributed by atoms with E-state index in [-0.39, 0.29) is 48.0 Å². The minimum atomic E-state index is -5.30. The Balaban J connectivity index is -0.000000845. The predicted octanol–water partition coefficient (Wildman–Crippen LogP) is -2.75. The quantitative estimate of drug-likeness (QED) is 0.232. The van der Waals surface area contributed by atoms with E-state index in [1.165, 1.54) is 0 Å². The first-order chi connectivity index (χ1) is 6.06. The van der Waals surface area contributed by atoms with E-state index in [4.69, 9.17) is 25.3 Å². The summed E-state index contributed by atoms with van der Waals surface area (Å²) in [5.74, 6) is 0. The second-order valence-electron chi connectivity index (χ2n) is 2.75. The van der Waals surface area contributed by atoms with Gasteiger partial charge in [0.25, 0.3) is 5.08 Å². The summed E-state index contributed by atoms with van der Waals surface area (Å²) in [5, 5.41) is 5.91. The van der Waals surface area contributed by atoms with E-state index < -0.39 is 26.7 Å². The first kappa shape index (κ1) is 22.4. The SMILES string of the molecule is NCCCC(O)(P(=O)(O)O)P(=O)(O)O.O.[NaH]. The predicted molar refractivity (Wildman–Crippen MR) is 58.1 cm³/mol. The molecule has 16 heavy (non-hydrogen) atoms. The molecule has 0 aromatic carbocycles. The summed E-state index contributed by atoms with van der Waals surface area (Å²) < 4.78 is 21.4. The average Bonchev–Trinajstić information content (AvgIpc) is 1.95. The van der Waals surface area contributed by atoms with E-state index in [0.29, 0.717) is 0 Å². The molecule has 0 heterocycles. The number of hydrogen-bond acceptors (Lipinski definition) is 4. The summed E-state index contributed by atoms with van der Waals surface area (Å²) in [6, 6.07) is 0. The molecule has 0 aliphatic rings. The Kier molecular flexibility index (Phi) is 10.6. The second kappa shape index (κ2) is 7.58. The maximum absolute atomic E-state index is 10.7. The molecular weight excluding hydrogens is 275 g/mol. The molecule has 9 nitrogen and oxygen atoms in total. The molecular formula is C4H16NNaO8P2. The fourth-order valence-electron chi connectivity index (χ4n) is 0.800. The van der Waals surface area contributed by atoms with E-state index in [9.17, 15) is 14.2 Å². The van der Waals surface area contributed by atoms with E-state index in [1.54, 1.807) is 0 Å². The van der Waals surface area contributed by atoms with Gasteiger partial charge >= 0.3 is 44.7 Å². The summed E-state index contributed by atoms with van der Waals surface area (Å²) >= 11 is 0. The Morgan fingerprint density at radius 2 is 1.38 bits per heavy atom. The first-order valence-electron chi connectivity index (χ1n) is 3.60. The van der Waals surface area contributed by atoms with Crippen LogP contribution < -0.4 is 5.73 Å². The van der Waals surface area contributed by atoms with Crippen molar-refractivity contribution in [3.8, 4) is 0 Å². The van der Waals surface area contributed by atoms with Crippen molar-refractivity contribution < 1.29 is 39.3 Å². The molecule has 0 saturated heterocycles. The minimum absolute atomic E-state index is 0. The topological polar surface area (TPSA) is 193 Å². The van der Waals surface area contributed by atoms with Crippen LogP contribution in [-0.4, -0.2) is 71.3 Å². The van der Waals surface area contributed by atoms with Crippen LogP contribution in [0.3, 0.4) is 0 Å². The van der Waals surface area contributed by atoms with Crippen LogP contribution in [0.25, 0.3) is 0 Å². The van der Waals surface area contributed by atoms with Crippen LogP contribution in [0.5, 0.6) is 0 Å². The summed E-state index contributed by atoms with van der Waals surface area (Å²) in [5.41, 5.74) is 5.01. The summed E-state index contributed by atoms with van der Waals surface area (Å²) in [6.07, 6.45) is -0.856. The Labute approximate surface area is 114 Å². The molecule has 0 aromatic heterocycles. The number of rotatable bonds is 5. The molecule has 0 bridgehead atoms. The zero-order valence-corrected chi connectivity index (χ0v) is 9.43. The third-order valence-electron chi connectivity index (χ3n) is 1.65. The van der Waals surface area contributed by atoms with E-state index in [0.717, 1.165) is 0 Å². The van der Waals surface area contributed by atoms with Crippen molar-refractivity contribution >= 4 is 44.7 Å². The van der Waals surface area contributed by atoms with Gasteiger partial charge in [0.2, 0.25) is 0 Å². The van der Waals surface area contributed by atoms with Crippen molar-refractivity contribution in [3.05, 3.63) is 0 Å². The van der Waals surface area contributed by atoms with Gasteiger partial charge in [-0.25, -0.2) is 0 Å². The maximum atomic E-state index is 10.7. The van der Waals surface area contributed by atoms with E-state index in [1.807, 2.05) is 0 Å². The zero-order chi connectivity index (χ0) is 11.6. The van der Waals surface area contributed by atoms with Crippen molar-refractivity contribution in [1.82, 2.24) is 0 Å². The van der Waals surface area contributed by atoms with Crippen LogP contribution in [0.15, 0.2) is 0 Å². The van der Waals surface area contributed by atoms with Crippen molar-refractivity contribution in [3.63, 3.8) is 0 Å². The number of aliphatic hydroxyl groups is 1. The second-order valence-corrected chi connectivity index (χ2v) is 6.76. The molecule has 0 rings (SSSR count). The van der Waals surface area contributed by atoms with Crippen LogP contribution in [0.2, 0.25) is 0 Å². The third-order valence-corrected chi connectivity index (χ3v) is 5.53. The molecule has 12 heteroatoms. The molecule has 0 saturated carbocycles. The average molecular weight is 291 g/mol. The van der Waals surface area contributed by atoms with Gasteiger partial charge in [-0.3, -0.25) is 9.13 Å². The number of hydrogen-bond donors (Lipinski definition) is 6. The normalized spacial score (nSPS) is 12.6. The van der Waals surface area contributed by atoms with Gasteiger partial charge in [0.1, 0.15) is 0 Å². The third kappa shape index (κ3) is 5.22. The Morgan fingerprint density at radius 1 is 1.06 bits per heavy atom. The molecule has 0 unspecified atom stereocenters. The zero-order valence-electron chi connectivity index (χ0n) is 7.65. The van der Waals surface area contributed by atoms with E-state index in [2.05, 4.69) is 0 Å². The van der Waals surface area contributed by atoms with Crippen molar-refractivity contribution in [1.29, 1.82) is 0 Å². The molecule has 96 valence electrons. The Morgan fingerprint density at radius 3 is 1.56 bits per heavy atom. The van der Waals surface area contributed by atoms with Gasteiger partial charge in [-0.15, -0.1) is 0 Å². The standard InChI is InChI=1S/C4H13NO7P2.Na.H2O.H/c5-3-1-2-4(6,13(7,8)9)14(10,11)12;;;/h6H,1-3,5H2,(H2,7,8,9)(H2,10,11,12);;1H2;. The molecule has 0 radical (unpaired) electrons. The molecule has 0 atom stereocenters. The van der Waals surface area contributed by atoms with Gasteiger partial charge in [-0.2, -0.15) is 0 Å². The summed E-state index contributed by atoms with van der Waals surface area (Å²) in [7, 11) is -10.6. The van der Waals surface area contributed by atoms with Crippen LogP contribution in [-0.2, 0) is 9.13 Å². The number of nitrogens with two attached hydrogens (primary N) is 1. The van der Waals surface area contributed by atoms with Crippen LogP contribution in [0.4, 0.5) is 0 Å². The van der Waals surface area contributed by atoms with Crippen molar-refractivity contribution in [2.24, 2.45) is 5.73 Å². The van der Waals surface area contributed by atoms with Gasteiger partial charge in [0.05, 0.1) is 0 Å². The molecule has 0 fully saturated rings. The van der Waals surface area contributed by atoms with Gasteiger partial charge < -0.3 is 35.9 Å². The Hall–Kier alpha value is 1.18. The fourth-order valence-corrected chi connectivity index (χ4v) is 3.06. The Bertz CT molecular complexity index is 264. The molecule has 0 spiro atoms. The molecule has 0 aromatic rings. The van der Waals surface area contributed by atoms with Gasteiger partial charge in [-0.1, -0.05) is 0 Å². The molecule has 0 amide bonds. The molecule has 9 N–H and O–H groups in total. The van der Waals surface area contributed by atoms with Crippen LogP contribution >= 0.6 is 15.2 Å². The van der Waals surface area contributed by atoms with Gasteiger partial charge in [-0.05, 0) is 13.0 Å². The summed E-state index contributed by atoms with van der Waals surface area (Å²) in [4.78, 5) is 34.5. The van der Waals surface area contributed by atoms with Gasteiger partial charge in [0.15, 0.2) is 0 Å². The first-order valence-corrected chi connectivity index (χ1v) is 6.82. The van der Waals surface area contributed by atoms with Gasteiger partial charge in [0, 0.05) is 6.42 Å².